The highest BCUT2D eigenvalue weighted by Gasteiger charge is 1.89. The molecule has 6 heavy (non-hydrogen) atoms. The van der Waals surface area contributed by atoms with Gasteiger partial charge in [-0.1, -0.05) is 22.6 Å². The molecule has 3 heteroatoms. The zero-order chi connectivity index (χ0) is 4.99. The van der Waals surface area contributed by atoms with Gasteiger partial charge in [-0.2, -0.15) is 0 Å². The fourth-order valence-corrected chi connectivity index (χ4v) is 0.366. The molecule has 0 aromatic carbocycles. The van der Waals surface area contributed by atoms with E-state index in [4.69, 9.17) is 0 Å². The lowest BCUT2D eigenvalue weighted by molar-refractivity contribution is -0.137. The molecule has 0 aliphatic carbocycles. The van der Waals surface area contributed by atoms with Crippen molar-refractivity contribution >= 4 is 28.6 Å². The van der Waals surface area contributed by atoms with Gasteiger partial charge in [0.2, 0.25) is 0 Å². The van der Waals surface area contributed by atoms with Crippen LogP contribution in [0.15, 0.2) is 0 Å². The Bertz CT molecular complexity index is 46.8. The molecule has 0 saturated heterocycles. The lowest BCUT2D eigenvalue weighted by Gasteiger charge is -1.86. The van der Waals surface area contributed by atoms with E-state index in [1.165, 1.54) is 7.11 Å². The first-order chi connectivity index (χ1) is 2.81. The Labute approximate surface area is 50.0 Å². The molecule has 0 saturated carbocycles. The van der Waals surface area contributed by atoms with Crippen molar-refractivity contribution < 1.29 is 9.53 Å². The summed E-state index contributed by atoms with van der Waals surface area (Å²) >= 11 is 1.94. The second-order valence-corrected chi connectivity index (χ2v) is 1.47. The highest BCUT2D eigenvalue weighted by atomic mass is 127. The monoisotopic (exact) mass is 200 g/mol. The molecule has 0 aliphatic rings. The maximum atomic E-state index is 9.95. The molecule has 0 aromatic rings. The zero-order valence-corrected chi connectivity index (χ0v) is 5.56. The molecule has 36 valence electrons. The molecule has 0 spiro atoms. The summed E-state index contributed by atoms with van der Waals surface area (Å²) in [6.07, 6.45) is 0. The van der Waals surface area contributed by atoms with Crippen LogP contribution in [0.3, 0.4) is 0 Å². The number of esters is 1. The lowest BCUT2D eigenvalue weighted by Crippen LogP contribution is -1.98. The third kappa shape index (κ3) is 2.44. The van der Waals surface area contributed by atoms with Crippen LogP contribution in [0.25, 0.3) is 0 Å². The van der Waals surface area contributed by atoms with Gasteiger partial charge in [-0.3, -0.25) is 4.79 Å². The van der Waals surface area contributed by atoms with Crippen LogP contribution in [0.4, 0.5) is 0 Å². The van der Waals surface area contributed by atoms with Gasteiger partial charge in [0.1, 0.15) is 0 Å². The Morgan fingerprint density at radius 3 is 2.50 bits per heavy atom. The van der Waals surface area contributed by atoms with E-state index in [2.05, 4.69) is 4.74 Å². The standard InChI is InChI=1S/C3H5IO2/c1-6-3(5)2-4/h2H2,1H3. The summed E-state index contributed by atoms with van der Waals surface area (Å²) < 4.78 is 4.69. The molecule has 0 atom stereocenters. The van der Waals surface area contributed by atoms with Crippen LogP contribution in [-0.4, -0.2) is 17.5 Å². The molecule has 2 nitrogen and oxygen atoms in total. The maximum absolute atomic E-state index is 9.95. The molecule has 0 aliphatic heterocycles. The van der Waals surface area contributed by atoms with Crippen molar-refractivity contribution in [2.45, 2.75) is 0 Å². The molecule has 0 amide bonds. The van der Waals surface area contributed by atoms with Gasteiger partial charge in [0.25, 0.3) is 0 Å². The molecule has 0 N–H and O–H groups in total. The molecule has 0 radical (unpaired) electrons. The van der Waals surface area contributed by atoms with E-state index in [0.717, 1.165) is 0 Å². The van der Waals surface area contributed by atoms with Gasteiger partial charge < -0.3 is 4.74 Å². The second kappa shape index (κ2) is 3.39. The van der Waals surface area contributed by atoms with E-state index in [9.17, 15) is 4.79 Å². The highest BCUT2D eigenvalue weighted by molar-refractivity contribution is 14.1. The van der Waals surface area contributed by atoms with Crippen molar-refractivity contribution in [3.8, 4) is 0 Å². The number of methoxy groups -OCH3 is 1. The normalized spacial score (nSPS) is 7.67. The largest absolute Gasteiger partial charge is 0.468 e. The van der Waals surface area contributed by atoms with Crippen molar-refractivity contribution in [2.24, 2.45) is 0 Å². The van der Waals surface area contributed by atoms with Crippen LogP contribution in [0.1, 0.15) is 0 Å². The fourth-order valence-electron chi connectivity index (χ4n) is 0.0546. The van der Waals surface area contributed by atoms with E-state index in [1.807, 2.05) is 22.6 Å². The van der Waals surface area contributed by atoms with Gasteiger partial charge in [-0.05, 0) is 0 Å². The van der Waals surface area contributed by atoms with E-state index in [1.54, 1.807) is 0 Å². The smallest absolute Gasteiger partial charge is 0.315 e. The Hall–Kier alpha value is 0.200. The van der Waals surface area contributed by atoms with Crippen molar-refractivity contribution in [2.75, 3.05) is 11.5 Å². The first-order valence-electron chi connectivity index (χ1n) is 1.44. The van der Waals surface area contributed by atoms with Crippen LogP contribution in [0, 0.1) is 0 Å². The number of rotatable bonds is 1. The number of hydrogen-bond acceptors (Lipinski definition) is 2. The van der Waals surface area contributed by atoms with Crippen LogP contribution in [-0.2, 0) is 9.53 Å². The van der Waals surface area contributed by atoms with E-state index in [0.29, 0.717) is 4.43 Å². The highest BCUT2D eigenvalue weighted by Crippen LogP contribution is 1.80. The van der Waals surface area contributed by atoms with Gasteiger partial charge in [0.15, 0.2) is 0 Å². The van der Waals surface area contributed by atoms with E-state index in [-0.39, 0.29) is 5.97 Å². The number of alkyl halides is 1. The third-order valence-electron chi connectivity index (χ3n) is 0.337. The van der Waals surface area contributed by atoms with Gasteiger partial charge in [-0.25, -0.2) is 0 Å². The SMILES string of the molecule is COC(=O)CI. The van der Waals surface area contributed by atoms with Crippen molar-refractivity contribution in [1.82, 2.24) is 0 Å². The predicted molar refractivity (Wildman–Crippen MR) is 30.9 cm³/mol. The maximum Gasteiger partial charge on any atom is 0.315 e. The van der Waals surface area contributed by atoms with Crippen molar-refractivity contribution in [3.05, 3.63) is 0 Å². The topological polar surface area (TPSA) is 26.3 Å². The second-order valence-electron chi connectivity index (χ2n) is 0.710. The Morgan fingerprint density at radius 2 is 2.50 bits per heavy atom. The van der Waals surface area contributed by atoms with Crippen molar-refractivity contribution in [1.29, 1.82) is 0 Å². The molecule has 0 rings (SSSR count). The van der Waals surface area contributed by atoms with Gasteiger partial charge in [-0.15, -0.1) is 0 Å². The Kier molecular flexibility index (Phi) is 3.51. The average molecular weight is 200 g/mol. The number of carbonyl (C=O) groups excluding carboxylic acids is 1. The van der Waals surface area contributed by atoms with Crippen LogP contribution < -0.4 is 0 Å². The molecule has 0 unspecified atom stereocenters. The van der Waals surface area contributed by atoms with Gasteiger partial charge >= 0.3 is 5.97 Å². The zero-order valence-electron chi connectivity index (χ0n) is 3.40. The molecule has 0 bridgehead atoms. The lowest BCUT2D eigenvalue weighted by atomic mass is 10.8. The number of ether oxygens (including phenoxy) is 1. The molecular weight excluding hydrogens is 195 g/mol. The Morgan fingerprint density at radius 1 is 2.00 bits per heavy atom. The predicted octanol–water partition coefficient (Wildman–Crippen LogP) is 0.594. The minimum atomic E-state index is -0.171. The third-order valence-corrected chi connectivity index (χ3v) is 0.960. The minimum Gasteiger partial charge on any atom is -0.468 e. The van der Waals surface area contributed by atoms with Crippen LogP contribution >= 0.6 is 22.6 Å². The Balaban J connectivity index is 2.99. The minimum absolute atomic E-state index is 0.171. The molecular formula is C3H5IO2. The number of halogens is 1. The summed E-state index contributed by atoms with van der Waals surface area (Å²) in [4.78, 5) is 9.95. The number of hydrogen-bond donors (Lipinski definition) is 0. The summed E-state index contributed by atoms with van der Waals surface area (Å²) in [5.41, 5.74) is 0. The first-order valence-corrected chi connectivity index (χ1v) is 2.96. The fraction of sp³-hybridized carbons (Fsp3) is 0.667. The van der Waals surface area contributed by atoms with Crippen LogP contribution in [0.2, 0.25) is 0 Å². The first kappa shape index (κ1) is 6.20. The quantitative estimate of drug-likeness (QED) is 0.352. The summed E-state index contributed by atoms with van der Waals surface area (Å²) in [6, 6.07) is 0. The van der Waals surface area contributed by atoms with Crippen molar-refractivity contribution in [3.63, 3.8) is 0 Å². The summed E-state index contributed by atoms with van der Waals surface area (Å²) in [6.45, 7) is 0. The molecule has 0 aromatic heterocycles. The van der Waals surface area contributed by atoms with E-state index >= 15 is 0 Å². The number of carbonyl (C=O) groups is 1. The summed E-state index contributed by atoms with van der Waals surface area (Å²) in [5, 5.41) is 0. The average Bonchev–Trinajstić information content (AvgIpc) is 1.65. The summed E-state index contributed by atoms with van der Waals surface area (Å²) in [5.74, 6) is -0.171. The van der Waals surface area contributed by atoms with Gasteiger partial charge in [0.05, 0.1) is 11.5 Å². The van der Waals surface area contributed by atoms with Gasteiger partial charge in [0, 0.05) is 0 Å². The summed E-state index contributed by atoms with van der Waals surface area (Å²) in [7, 11) is 1.38. The van der Waals surface area contributed by atoms with E-state index < -0.39 is 0 Å². The molecule has 0 fully saturated rings. The molecule has 0 heterocycles. The van der Waals surface area contributed by atoms with Crippen LogP contribution in [0.5, 0.6) is 0 Å².